The molecule has 2 aromatic carbocycles. The third kappa shape index (κ3) is 4.65. The monoisotopic (exact) mass is 628 g/mol. The topological polar surface area (TPSA) is 125 Å². The number of likely N-dealkylation sites (tertiary alicyclic amines) is 1. The fourth-order valence-corrected chi connectivity index (χ4v) is 7.23. The van der Waals surface area contributed by atoms with E-state index in [0.29, 0.717) is 24.4 Å². The number of aromatic amines is 1. The van der Waals surface area contributed by atoms with Crippen LogP contribution in [0.4, 0.5) is 4.79 Å². The molecule has 5 aromatic rings. The van der Waals surface area contributed by atoms with E-state index in [0.717, 1.165) is 57.6 Å². The van der Waals surface area contributed by atoms with Crippen LogP contribution in [0.1, 0.15) is 47.7 Å². The molecule has 5 heterocycles. The number of carbonyl (C=O) groups excluding carboxylic acids is 1. The van der Waals surface area contributed by atoms with Crippen LogP contribution < -0.4 is 0 Å². The number of nitrogens with zero attached hydrogens (tertiary/aromatic N) is 9. The van der Waals surface area contributed by atoms with Crippen molar-refractivity contribution in [2.75, 3.05) is 13.6 Å². The number of rotatable bonds is 4. The molecule has 224 valence electrons. The van der Waals surface area contributed by atoms with Crippen molar-refractivity contribution in [3.05, 3.63) is 69.5 Å². The van der Waals surface area contributed by atoms with Gasteiger partial charge in [0, 0.05) is 53.4 Å². The Kier molecular flexibility index (Phi) is 7.16. The second-order valence-electron chi connectivity index (χ2n) is 11.8. The van der Waals surface area contributed by atoms with Crippen LogP contribution in [-0.2, 0) is 13.1 Å². The molecule has 2 unspecified atom stereocenters. The Balaban J connectivity index is 1.35. The molecule has 7 rings (SSSR count). The second kappa shape index (κ2) is 11.0. The molecule has 1 fully saturated rings. The Labute approximate surface area is 264 Å². The summed E-state index contributed by atoms with van der Waals surface area (Å²) >= 11 is 13.2. The summed E-state index contributed by atoms with van der Waals surface area (Å²) in [5, 5.41) is 31.5. The molecule has 1 amide bonds. The average molecular weight is 630 g/mol. The maximum atomic E-state index is 13.4. The zero-order chi connectivity index (χ0) is 30.7. The van der Waals surface area contributed by atoms with E-state index in [-0.39, 0.29) is 29.8 Å². The van der Waals surface area contributed by atoms with Crippen molar-refractivity contribution in [1.29, 1.82) is 5.26 Å². The maximum absolute atomic E-state index is 13.4. The first-order chi connectivity index (χ1) is 21.2. The van der Waals surface area contributed by atoms with Gasteiger partial charge in [-0.25, -0.2) is 9.36 Å². The van der Waals surface area contributed by atoms with Gasteiger partial charge in [0.05, 0.1) is 35.3 Å². The van der Waals surface area contributed by atoms with Crippen LogP contribution in [0.3, 0.4) is 0 Å². The van der Waals surface area contributed by atoms with Gasteiger partial charge in [0.2, 0.25) is 5.28 Å². The van der Waals surface area contributed by atoms with Gasteiger partial charge >= 0.3 is 6.03 Å². The highest BCUT2D eigenvalue weighted by Crippen LogP contribution is 2.45. The first kappa shape index (κ1) is 28.5. The van der Waals surface area contributed by atoms with Crippen molar-refractivity contribution in [3.63, 3.8) is 0 Å². The lowest BCUT2D eigenvalue weighted by Crippen LogP contribution is -2.48. The highest BCUT2D eigenvalue weighted by molar-refractivity contribution is 6.36. The van der Waals surface area contributed by atoms with Gasteiger partial charge in [0.1, 0.15) is 12.0 Å². The summed E-state index contributed by atoms with van der Waals surface area (Å²) in [6, 6.07) is 10.1. The molecule has 1 saturated heterocycles. The van der Waals surface area contributed by atoms with E-state index in [2.05, 4.69) is 68.2 Å². The number of benzene rings is 2. The highest BCUT2D eigenvalue weighted by Gasteiger charge is 2.36. The molecular formula is C31H30Cl2N10O. The lowest BCUT2D eigenvalue weighted by Gasteiger charge is -2.38. The van der Waals surface area contributed by atoms with Crippen LogP contribution in [0.2, 0.25) is 10.3 Å². The lowest BCUT2D eigenvalue weighted by molar-refractivity contribution is 0.127. The van der Waals surface area contributed by atoms with E-state index in [9.17, 15) is 10.1 Å². The standard InChI is InChI=1S/C31H30Cl2N10O/c1-17-10-25-24(13-35-37-25)27(28(17)32)26-18(2)43(39-29(26)19-4-5-20-14-40(3)15-21(20)11-19)23-7-9-41(22(12-23)6-8-34)31(44)42-16-36-38-30(42)33/h4-5,10-11,13,16,22-23H,6-7,9,12,14-15H2,1-3H3,(H,35,37). The van der Waals surface area contributed by atoms with Crippen molar-refractivity contribution in [3.8, 4) is 28.5 Å². The van der Waals surface area contributed by atoms with E-state index < -0.39 is 0 Å². The number of piperidine rings is 1. The number of carbonyl (C=O) groups is 1. The van der Waals surface area contributed by atoms with Gasteiger partial charge in [-0.05, 0) is 74.2 Å². The normalized spacial score (nSPS) is 18.6. The van der Waals surface area contributed by atoms with Crippen LogP contribution in [0, 0.1) is 25.2 Å². The number of hydrogen-bond donors (Lipinski definition) is 1. The average Bonchev–Trinajstić information content (AvgIpc) is 3.79. The minimum atomic E-state index is -0.339. The minimum absolute atomic E-state index is 0.00818. The fraction of sp³-hybridized carbons (Fsp3) is 0.355. The number of nitrogens with one attached hydrogen (secondary N) is 1. The van der Waals surface area contributed by atoms with Crippen LogP contribution in [0.25, 0.3) is 33.3 Å². The van der Waals surface area contributed by atoms with Gasteiger partial charge in [0.25, 0.3) is 0 Å². The Bertz CT molecular complexity index is 1970. The van der Waals surface area contributed by atoms with E-state index in [4.69, 9.17) is 28.3 Å². The quantitative estimate of drug-likeness (QED) is 0.253. The van der Waals surface area contributed by atoms with Crippen molar-refractivity contribution < 1.29 is 4.79 Å². The van der Waals surface area contributed by atoms with E-state index in [1.54, 1.807) is 4.90 Å². The van der Waals surface area contributed by atoms with Gasteiger partial charge in [0.15, 0.2) is 0 Å². The first-order valence-electron chi connectivity index (χ1n) is 14.5. The molecule has 2 aliphatic rings. The summed E-state index contributed by atoms with van der Waals surface area (Å²) in [5.41, 5.74) is 9.16. The number of aryl methyl sites for hydroxylation is 1. The molecule has 3 aromatic heterocycles. The number of fused-ring (bicyclic) bond motifs is 2. The zero-order valence-electron chi connectivity index (χ0n) is 24.6. The minimum Gasteiger partial charge on any atom is -0.320 e. The Morgan fingerprint density at radius 1 is 1.16 bits per heavy atom. The molecule has 2 aliphatic heterocycles. The number of H-pyrrole nitrogens is 1. The van der Waals surface area contributed by atoms with Gasteiger partial charge in [-0.15, -0.1) is 10.2 Å². The first-order valence-corrected chi connectivity index (χ1v) is 15.3. The third-order valence-corrected chi connectivity index (χ3v) is 9.69. The van der Waals surface area contributed by atoms with Crippen molar-refractivity contribution in [2.24, 2.45) is 0 Å². The predicted octanol–water partition coefficient (Wildman–Crippen LogP) is 6.14. The van der Waals surface area contributed by atoms with E-state index in [1.165, 1.54) is 22.0 Å². The zero-order valence-corrected chi connectivity index (χ0v) is 26.1. The Hall–Kier alpha value is -4.24. The predicted molar refractivity (Wildman–Crippen MR) is 167 cm³/mol. The molecule has 1 N–H and O–H groups in total. The molecule has 2 atom stereocenters. The summed E-state index contributed by atoms with van der Waals surface area (Å²) in [7, 11) is 2.12. The SMILES string of the molecule is Cc1cc2[nH]ncc2c(-c2c(-c3ccc4c(c3)CN(C)C4)nn(C3CCN(C(=O)n4cnnc4Cl)C(CC#N)C3)c2C)c1Cl. The van der Waals surface area contributed by atoms with E-state index in [1.807, 2.05) is 19.2 Å². The molecule has 0 saturated carbocycles. The number of hydrogen-bond acceptors (Lipinski definition) is 7. The summed E-state index contributed by atoms with van der Waals surface area (Å²) < 4.78 is 3.29. The molecule has 0 bridgehead atoms. The molecule has 0 aliphatic carbocycles. The summed E-state index contributed by atoms with van der Waals surface area (Å²) in [6.45, 7) is 6.31. The van der Waals surface area contributed by atoms with Crippen molar-refractivity contribution >= 4 is 40.1 Å². The van der Waals surface area contributed by atoms with Crippen molar-refractivity contribution in [1.82, 2.24) is 44.5 Å². The fourth-order valence-electron chi connectivity index (χ4n) is 6.82. The number of nitriles is 1. The van der Waals surface area contributed by atoms with Gasteiger partial charge in [-0.2, -0.15) is 15.5 Å². The molecule has 13 heteroatoms. The molecule has 11 nitrogen and oxygen atoms in total. The van der Waals surface area contributed by atoms with E-state index >= 15 is 0 Å². The van der Waals surface area contributed by atoms with Gasteiger partial charge in [-0.3, -0.25) is 14.7 Å². The lowest BCUT2D eigenvalue weighted by atomic mass is 9.93. The van der Waals surface area contributed by atoms with Gasteiger partial charge in [-0.1, -0.05) is 23.7 Å². The largest absolute Gasteiger partial charge is 0.332 e. The Morgan fingerprint density at radius 2 is 1.98 bits per heavy atom. The summed E-state index contributed by atoms with van der Waals surface area (Å²) in [4.78, 5) is 17.3. The molecule has 0 radical (unpaired) electrons. The smallest absolute Gasteiger partial charge is 0.320 e. The molecule has 44 heavy (non-hydrogen) atoms. The highest BCUT2D eigenvalue weighted by atomic mass is 35.5. The number of amides is 1. The summed E-state index contributed by atoms with van der Waals surface area (Å²) in [6.07, 6.45) is 4.49. The summed E-state index contributed by atoms with van der Waals surface area (Å²) in [5.74, 6) is 0. The van der Waals surface area contributed by atoms with Crippen molar-refractivity contribution in [2.45, 2.75) is 58.3 Å². The van der Waals surface area contributed by atoms with Gasteiger partial charge < -0.3 is 4.90 Å². The molecule has 0 spiro atoms. The van der Waals surface area contributed by atoms with Crippen LogP contribution in [0.5, 0.6) is 0 Å². The van der Waals surface area contributed by atoms with Crippen LogP contribution in [-0.4, -0.2) is 70.2 Å². The number of halogens is 2. The number of aromatic nitrogens is 7. The van der Waals surface area contributed by atoms with Crippen LogP contribution in [0.15, 0.2) is 36.8 Å². The molecular weight excluding hydrogens is 599 g/mol. The second-order valence-corrected chi connectivity index (χ2v) is 12.5. The third-order valence-electron chi connectivity index (χ3n) is 8.94. The maximum Gasteiger partial charge on any atom is 0.332 e. The Morgan fingerprint density at radius 3 is 2.75 bits per heavy atom. The van der Waals surface area contributed by atoms with Crippen LogP contribution >= 0.6 is 23.2 Å².